The van der Waals surface area contributed by atoms with Crippen LogP contribution in [0.1, 0.15) is 18.1 Å². The maximum atomic E-state index is 12.2. The first kappa shape index (κ1) is 17.2. The van der Waals surface area contributed by atoms with Crippen molar-refractivity contribution in [3.8, 4) is 0 Å². The molecule has 0 aliphatic carbocycles. The largest absolute Gasteiger partial charge is 0.361 e. The van der Waals surface area contributed by atoms with Gasteiger partial charge in [-0.15, -0.1) is 0 Å². The molecular formula is C19H25N5O. The van der Waals surface area contributed by atoms with Crippen molar-refractivity contribution in [2.75, 3.05) is 13.1 Å². The molecular weight excluding hydrogens is 314 g/mol. The fourth-order valence-corrected chi connectivity index (χ4v) is 2.89. The van der Waals surface area contributed by atoms with E-state index >= 15 is 0 Å². The highest BCUT2D eigenvalue weighted by atomic mass is 16.2. The Kier molecular flexibility index (Phi) is 5.50. The molecule has 0 saturated heterocycles. The van der Waals surface area contributed by atoms with E-state index in [-0.39, 0.29) is 11.9 Å². The topological polar surface area (TPSA) is 74.7 Å². The summed E-state index contributed by atoms with van der Waals surface area (Å²) in [6.45, 7) is 5.99. The Labute approximate surface area is 147 Å². The SMILES string of the molecule is Cc1cnn(CCN[C@@H](C)C(=O)NCCc2c[nH]c3ccccc23)c1. The van der Waals surface area contributed by atoms with Crippen molar-refractivity contribution in [3.05, 3.63) is 54.0 Å². The number of rotatable bonds is 8. The number of benzene rings is 1. The van der Waals surface area contributed by atoms with E-state index in [1.807, 2.05) is 49.3 Å². The van der Waals surface area contributed by atoms with Crippen LogP contribution in [0.2, 0.25) is 0 Å². The third-order valence-corrected chi connectivity index (χ3v) is 4.32. The maximum absolute atomic E-state index is 12.2. The van der Waals surface area contributed by atoms with Crippen molar-refractivity contribution in [1.29, 1.82) is 0 Å². The fourth-order valence-electron chi connectivity index (χ4n) is 2.89. The lowest BCUT2D eigenvalue weighted by Crippen LogP contribution is -2.43. The van der Waals surface area contributed by atoms with Crippen LogP contribution in [0.5, 0.6) is 0 Å². The van der Waals surface area contributed by atoms with Gasteiger partial charge in [-0.2, -0.15) is 5.10 Å². The summed E-state index contributed by atoms with van der Waals surface area (Å²) in [4.78, 5) is 15.4. The Morgan fingerprint density at radius 1 is 1.32 bits per heavy atom. The molecule has 0 aliphatic heterocycles. The molecule has 3 rings (SSSR count). The van der Waals surface area contributed by atoms with Crippen LogP contribution in [0.25, 0.3) is 10.9 Å². The Balaban J connectivity index is 1.39. The van der Waals surface area contributed by atoms with Crippen molar-refractivity contribution < 1.29 is 4.79 Å². The molecule has 0 fully saturated rings. The molecule has 1 atom stereocenters. The quantitative estimate of drug-likeness (QED) is 0.588. The number of carbonyl (C=O) groups excluding carboxylic acids is 1. The van der Waals surface area contributed by atoms with Gasteiger partial charge in [0, 0.05) is 36.4 Å². The van der Waals surface area contributed by atoms with Gasteiger partial charge in [0.2, 0.25) is 5.91 Å². The van der Waals surface area contributed by atoms with Gasteiger partial charge >= 0.3 is 0 Å². The summed E-state index contributed by atoms with van der Waals surface area (Å²) in [5, 5.41) is 11.7. The number of aromatic nitrogens is 3. The first-order valence-electron chi connectivity index (χ1n) is 8.68. The number of para-hydroxylation sites is 1. The highest BCUT2D eigenvalue weighted by Gasteiger charge is 2.11. The van der Waals surface area contributed by atoms with Gasteiger partial charge in [0.05, 0.1) is 18.8 Å². The molecule has 3 N–H and O–H groups in total. The summed E-state index contributed by atoms with van der Waals surface area (Å²) in [5.74, 6) is 0.0245. The lowest BCUT2D eigenvalue weighted by atomic mass is 10.1. The molecule has 0 unspecified atom stereocenters. The second kappa shape index (κ2) is 7.98. The molecule has 6 heteroatoms. The first-order chi connectivity index (χ1) is 12.1. The van der Waals surface area contributed by atoms with Gasteiger partial charge in [-0.1, -0.05) is 18.2 Å². The molecule has 1 aromatic carbocycles. The van der Waals surface area contributed by atoms with Crippen LogP contribution in [0.4, 0.5) is 0 Å². The lowest BCUT2D eigenvalue weighted by Gasteiger charge is -2.14. The summed E-state index contributed by atoms with van der Waals surface area (Å²) >= 11 is 0. The van der Waals surface area contributed by atoms with E-state index in [1.165, 1.54) is 10.9 Å². The van der Waals surface area contributed by atoms with Gasteiger partial charge in [0.15, 0.2) is 0 Å². The number of nitrogens with one attached hydrogen (secondary N) is 3. The van der Waals surface area contributed by atoms with Crippen molar-refractivity contribution in [1.82, 2.24) is 25.4 Å². The summed E-state index contributed by atoms with van der Waals surface area (Å²) in [7, 11) is 0. The van der Waals surface area contributed by atoms with Crippen molar-refractivity contribution in [2.45, 2.75) is 32.9 Å². The molecule has 0 bridgehead atoms. The number of nitrogens with zero attached hydrogens (tertiary/aromatic N) is 2. The molecule has 3 aromatic rings. The van der Waals surface area contributed by atoms with Crippen LogP contribution in [0.15, 0.2) is 42.9 Å². The summed E-state index contributed by atoms with van der Waals surface area (Å²) in [5.41, 5.74) is 3.50. The van der Waals surface area contributed by atoms with Gasteiger partial charge in [-0.25, -0.2) is 0 Å². The third-order valence-electron chi connectivity index (χ3n) is 4.32. The summed E-state index contributed by atoms with van der Waals surface area (Å²) < 4.78 is 1.88. The van der Waals surface area contributed by atoms with Crippen molar-refractivity contribution in [2.24, 2.45) is 0 Å². The molecule has 25 heavy (non-hydrogen) atoms. The Hall–Kier alpha value is -2.60. The molecule has 1 amide bonds. The minimum absolute atomic E-state index is 0.0245. The van der Waals surface area contributed by atoms with Crippen molar-refractivity contribution >= 4 is 16.8 Å². The van der Waals surface area contributed by atoms with Crippen LogP contribution in [-0.2, 0) is 17.8 Å². The van der Waals surface area contributed by atoms with E-state index in [0.717, 1.165) is 24.0 Å². The van der Waals surface area contributed by atoms with E-state index in [4.69, 9.17) is 0 Å². The number of aromatic amines is 1. The molecule has 0 radical (unpaired) electrons. The minimum Gasteiger partial charge on any atom is -0.361 e. The van der Waals surface area contributed by atoms with E-state index in [2.05, 4.69) is 32.8 Å². The summed E-state index contributed by atoms with van der Waals surface area (Å²) in [6.07, 6.45) is 6.66. The lowest BCUT2D eigenvalue weighted by molar-refractivity contribution is -0.122. The van der Waals surface area contributed by atoms with Crippen LogP contribution in [0, 0.1) is 6.92 Å². The normalized spacial score (nSPS) is 12.4. The van der Waals surface area contributed by atoms with Gasteiger partial charge in [-0.05, 0) is 37.5 Å². The van der Waals surface area contributed by atoms with E-state index in [9.17, 15) is 4.79 Å². The standard InChI is InChI=1S/C19H25N5O/c1-14-11-23-24(13-14)10-9-20-15(2)19(25)21-8-7-16-12-22-18-6-4-3-5-17(16)18/h3-6,11-13,15,20,22H,7-10H2,1-2H3,(H,21,25)/t15-/m0/s1. The van der Waals surface area contributed by atoms with Crippen LogP contribution < -0.4 is 10.6 Å². The van der Waals surface area contributed by atoms with Gasteiger partial charge in [0.1, 0.15) is 0 Å². The Bertz CT molecular complexity index is 835. The fraction of sp³-hybridized carbons (Fsp3) is 0.368. The molecule has 0 spiro atoms. The van der Waals surface area contributed by atoms with Gasteiger partial charge in [-0.3, -0.25) is 9.48 Å². The first-order valence-corrected chi connectivity index (χ1v) is 8.68. The Morgan fingerprint density at radius 3 is 2.96 bits per heavy atom. The summed E-state index contributed by atoms with van der Waals surface area (Å²) in [6, 6.07) is 7.99. The average molecular weight is 339 g/mol. The van der Waals surface area contributed by atoms with E-state index < -0.39 is 0 Å². The predicted octanol–water partition coefficient (Wildman–Crippen LogP) is 2.01. The van der Waals surface area contributed by atoms with Gasteiger partial charge < -0.3 is 15.6 Å². The second-order valence-electron chi connectivity index (χ2n) is 6.36. The molecule has 2 heterocycles. The van der Waals surface area contributed by atoms with Gasteiger partial charge in [0.25, 0.3) is 0 Å². The molecule has 0 aliphatic rings. The number of H-pyrrole nitrogens is 1. The highest BCUT2D eigenvalue weighted by Crippen LogP contribution is 2.17. The van der Waals surface area contributed by atoms with Crippen molar-refractivity contribution in [3.63, 3.8) is 0 Å². The van der Waals surface area contributed by atoms with E-state index in [0.29, 0.717) is 13.1 Å². The third kappa shape index (κ3) is 4.48. The van der Waals surface area contributed by atoms with E-state index in [1.54, 1.807) is 0 Å². The zero-order valence-electron chi connectivity index (χ0n) is 14.7. The smallest absolute Gasteiger partial charge is 0.236 e. The van der Waals surface area contributed by atoms with Crippen LogP contribution >= 0.6 is 0 Å². The maximum Gasteiger partial charge on any atom is 0.236 e. The molecule has 2 aromatic heterocycles. The number of hydrogen-bond donors (Lipinski definition) is 3. The number of amides is 1. The second-order valence-corrected chi connectivity index (χ2v) is 6.36. The molecule has 6 nitrogen and oxygen atoms in total. The zero-order valence-corrected chi connectivity index (χ0v) is 14.7. The Morgan fingerprint density at radius 2 is 2.16 bits per heavy atom. The predicted molar refractivity (Wildman–Crippen MR) is 99.4 cm³/mol. The van der Waals surface area contributed by atoms with Crippen LogP contribution in [0.3, 0.4) is 0 Å². The zero-order chi connectivity index (χ0) is 17.6. The molecule has 132 valence electrons. The monoisotopic (exact) mass is 339 g/mol. The number of hydrogen-bond acceptors (Lipinski definition) is 3. The number of aryl methyl sites for hydroxylation is 1. The molecule has 0 saturated carbocycles. The highest BCUT2D eigenvalue weighted by molar-refractivity contribution is 5.83. The minimum atomic E-state index is -0.223. The number of fused-ring (bicyclic) bond motifs is 1. The number of carbonyl (C=O) groups is 1. The van der Waals surface area contributed by atoms with Crippen LogP contribution in [-0.4, -0.2) is 39.8 Å². The average Bonchev–Trinajstić information content (AvgIpc) is 3.21.